The molecule has 0 bridgehead atoms. The molecule has 0 aliphatic carbocycles. The van der Waals surface area contributed by atoms with Crippen molar-refractivity contribution in [2.75, 3.05) is 11.8 Å². The molecule has 0 spiro atoms. The van der Waals surface area contributed by atoms with Crippen LogP contribution in [0.4, 0.5) is 5.69 Å². The number of hydrogen-bond donors (Lipinski definition) is 2. The van der Waals surface area contributed by atoms with Crippen LogP contribution in [0.25, 0.3) is 0 Å². The highest BCUT2D eigenvalue weighted by Gasteiger charge is 2.19. The highest BCUT2D eigenvalue weighted by Crippen LogP contribution is 2.29. The molecule has 0 aliphatic rings. The zero-order valence-electron chi connectivity index (χ0n) is 16.6. The maximum absolute atomic E-state index is 12.8. The van der Waals surface area contributed by atoms with E-state index in [-0.39, 0.29) is 16.5 Å². The highest BCUT2D eigenvalue weighted by atomic mass is 79.9. The van der Waals surface area contributed by atoms with Crippen LogP contribution in [0.3, 0.4) is 0 Å². The number of furan rings is 1. The zero-order chi connectivity index (χ0) is 21.9. The van der Waals surface area contributed by atoms with Crippen molar-refractivity contribution >= 4 is 37.5 Å². The Morgan fingerprint density at radius 3 is 2.53 bits per heavy atom. The molecule has 7 nitrogen and oxygen atoms in total. The Labute approximate surface area is 183 Å². The summed E-state index contributed by atoms with van der Waals surface area (Å²) in [4.78, 5) is 12.6. The average Bonchev–Trinajstić information content (AvgIpc) is 3.14. The van der Waals surface area contributed by atoms with Crippen LogP contribution >= 0.6 is 15.9 Å². The van der Waals surface area contributed by atoms with Crippen molar-refractivity contribution < 1.29 is 22.4 Å². The summed E-state index contributed by atoms with van der Waals surface area (Å²) < 4.78 is 39.3. The average molecular weight is 493 g/mol. The Morgan fingerprint density at radius 1 is 1.13 bits per heavy atom. The van der Waals surface area contributed by atoms with Crippen molar-refractivity contribution in [2.24, 2.45) is 0 Å². The van der Waals surface area contributed by atoms with E-state index in [1.807, 2.05) is 13.0 Å². The van der Waals surface area contributed by atoms with E-state index >= 15 is 0 Å². The predicted octanol–water partition coefficient (Wildman–Crippen LogP) is 4.65. The minimum atomic E-state index is -3.89. The number of carbonyl (C=O) groups is 1. The second-order valence-corrected chi connectivity index (χ2v) is 9.16. The van der Waals surface area contributed by atoms with E-state index in [0.29, 0.717) is 21.7 Å². The van der Waals surface area contributed by atoms with Crippen molar-refractivity contribution in [3.63, 3.8) is 0 Å². The fraction of sp³-hybridized carbons (Fsp3) is 0.190. The first kappa shape index (κ1) is 21.9. The Morgan fingerprint density at radius 2 is 1.90 bits per heavy atom. The topological polar surface area (TPSA) is 97.6 Å². The first-order valence-corrected chi connectivity index (χ1v) is 11.3. The van der Waals surface area contributed by atoms with Gasteiger partial charge in [-0.05, 0) is 78.3 Å². The number of methoxy groups -OCH3 is 1. The minimum Gasteiger partial charge on any atom is -0.496 e. The van der Waals surface area contributed by atoms with Gasteiger partial charge in [-0.1, -0.05) is 6.07 Å². The van der Waals surface area contributed by atoms with Crippen LogP contribution in [0.5, 0.6) is 5.75 Å². The smallest absolute Gasteiger partial charge is 0.261 e. The van der Waals surface area contributed by atoms with Crippen LogP contribution < -0.4 is 14.8 Å². The van der Waals surface area contributed by atoms with E-state index < -0.39 is 15.9 Å². The number of aryl methyl sites for hydroxylation is 1. The summed E-state index contributed by atoms with van der Waals surface area (Å²) in [5, 5.41) is 2.81. The number of ether oxygens (including phenoxy) is 1. The Kier molecular flexibility index (Phi) is 6.52. The maximum Gasteiger partial charge on any atom is 0.261 e. The first-order valence-electron chi connectivity index (χ1n) is 9.03. The lowest BCUT2D eigenvalue weighted by Gasteiger charge is -2.13. The van der Waals surface area contributed by atoms with E-state index in [4.69, 9.17) is 9.15 Å². The highest BCUT2D eigenvalue weighted by molar-refractivity contribution is 9.10. The van der Waals surface area contributed by atoms with Crippen LogP contribution in [0, 0.1) is 6.92 Å². The van der Waals surface area contributed by atoms with E-state index in [9.17, 15) is 13.2 Å². The quantitative estimate of drug-likeness (QED) is 0.500. The lowest BCUT2D eigenvalue weighted by atomic mass is 10.2. The maximum atomic E-state index is 12.8. The van der Waals surface area contributed by atoms with Gasteiger partial charge in [0.1, 0.15) is 17.3 Å². The largest absolute Gasteiger partial charge is 0.496 e. The van der Waals surface area contributed by atoms with Gasteiger partial charge in [-0.15, -0.1) is 0 Å². The molecule has 3 aromatic rings. The predicted molar refractivity (Wildman–Crippen MR) is 117 cm³/mol. The van der Waals surface area contributed by atoms with Crippen LogP contribution in [0.15, 0.2) is 68.4 Å². The van der Waals surface area contributed by atoms with Crippen LogP contribution in [0.2, 0.25) is 0 Å². The summed E-state index contributed by atoms with van der Waals surface area (Å²) in [5.74, 6) is 1.55. The molecular weight excluding hydrogens is 472 g/mol. The molecule has 0 saturated heterocycles. The van der Waals surface area contributed by atoms with Gasteiger partial charge < -0.3 is 14.5 Å². The number of rotatable bonds is 7. The number of sulfonamides is 1. The molecule has 0 fully saturated rings. The van der Waals surface area contributed by atoms with Crippen molar-refractivity contribution in [3.8, 4) is 5.75 Å². The summed E-state index contributed by atoms with van der Waals surface area (Å²) in [6.07, 6.45) is 0. The number of amides is 1. The summed E-state index contributed by atoms with van der Waals surface area (Å²) in [6, 6.07) is 13.9. The molecule has 0 radical (unpaired) electrons. The van der Waals surface area contributed by atoms with Crippen LogP contribution in [0.1, 0.15) is 34.8 Å². The molecule has 0 aliphatic heterocycles. The lowest BCUT2D eigenvalue weighted by molar-refractivity contribution is 0.0935. The van der Waals surface area contributed by atoms with Crippen LogP contribution in [-0.2, 0) is 10.0 Å². The minimum absolute atomic E-state index is 0.0245. The van der Waals surface area contributed by atoms with E-state index in [2.05, 4.69) is 26.0 Å². The van der Waals surface area contributed by atoms with Gasteiger partial charge in [0, 0.05) is 5.56 Å². The van der Waals surface area contributed by atoms with Gasteiger partial charge in [0.25, 0.3) is 15.9 Å². The molecule has 3 rings (SSSR count). The van der Waals surface area contributed by atoms with E-state index in [1.165, 1.54) is 25.3 Å². The van der Waals surface area contributed by atoms with Crippen LogP contribution in [-0.4, -0.2) is 21.4 Å². The molecule has 158 valence electrons. The van der Waals surface area contributed by atoms with Crippen molar-refractivity contribution in [1.29, 1.82) is 0 Å². The fourth-order valence-corrected chi connectivity index (χ4v) is 4.42. The van der Waals surface area contributed by atoms with Gasteiger partial charge >= 0.3 is 0 Å². The number of benzene rings is 2. The van der Waals surface area contributed by atoms with E-state index in [1.54, 1.807) is 37.3 Å². The Balaban J connectivity index is 1.78. The molecule has 2 N–H and O–H groups in total. The second-order valence-electron chi connectivity index (χ2n) is 6.63. The number of hydrogen-bond acceptors (Lipinski definition) is 5. The Bertz CT molecular complexity index is 1170. The molecule has 30 heavy (non-hydrogen) atoms. The summed E-state index contributed by atoms with van der Waals surface area (Å²) in [6.45, 7) is 3.61. The molecule has 2 aromatic carbocycles. The van der Waals surface area contributed by atoms with Gasteiger partial charge in [-0.2, -0.15) is 0 Å². The summed E-state index contributed by atoms with van der Waals surface area (Å²) in [7, 11) is -2.37. The number of halogens is 1. The van der Waals surface area contributed by atoms with Gasteiger partial charge in [-0.3, -0.25) is 9.52 Å². The zero-order valence-corrected chi connectivity index (χ0v) is 19.0. The number of anilines is 1. The van der Waals surface area contributed by atoms with Crippen molar-refractivity contribution in [3.05, 3.63) is 76.2 Å². The van der Waals surface area contributed by atoms with Gasteiger partial charge in [-0.25, -0.2) is 8.42 Å². The monoisotopic (exact) mass is 492 g/mol. The molecule has 0 saturated carbocycles. The molecular formula is C21H21BrN2O5S. The van der Waals surface area contributed by atoms with Gasteiger partial charge in [0.05, 0.1) is 28.2 Å². The third-order valence-electron chi connectivity index (χ3n) is 4.35. The second kappa shape index (κ2) is 8.93. The molecule has 1 unspecified atom stereocenters. The van der Waals surface area contributed by atoms with Gasteiger partial charge in [0.15, 0.2) is 0 Å². The molecule has 1 heterocycles. The normalized spacial score (nSPS) is 12.3. The lowest BCUT2D eigenvalue weighted by Crippen LogP contribution is -2.26. The summed E-state index contributed by atoms with van der Waals surface area (Å²) in [5.41, 5.74) is 0.586. The fourth-order valence-electron chi connectivity index (χ4n) is 2.79. The molecule has 1 atom stereocenters. The third kappa shape index (κ3) is 5.03. The number of nitrogens with one attached hydrogen (secondary N) is 2. The Hall–Kier alpha value is -2.78. The SMILES string of the molecule is COc1ccc(NS(=O)(=O)c2cccc(C(=O)NC(C)c3ccc(C)o3)c2)cc1Br. The summed E-state index contributed by atoms with van der Waals surface area (Å²) >= 11 is 3.32. The first-order chi connectivity index (χ1) is 14.2. The molecule has 9 heteroatoms. The van der Waals surface area contributed by atoms with Crippen molar-refractivity contribution in [1.82, 2.24) is 5.32 Å². The molecule has 1 amide bonds. The van der Waals surface area contributed by atoms with Gasteiger partial charge in [0.2, 0.25) is 0 Å². The van der Waals surface area contributed by atoms with Crippen molar-refractivity contribution in [2.45, 2.75) is 24.8 Å². The van der Waals surface area contributed by atoms with E-state index in [0.717, 1.165) is 5.76 Å². The molecule has 1 aromatic heterocycles. The third-order valence-corrected chi connectivity index (χ3v) is 6.34. The number of carbonyl (C=O) groups excluding carboxylic acids is 1. The standard InChI is InChI=1S/C21H21BrN2O5S/c1-13-7-9-19(29-13)14(2)23-21(25)15-5-4-6-17(11-15)30(26,27)24-16-8-10-20(28-3)18(22)12-16/h4-12,14,24H,1-3H3,(H,23,25).